The third kappa shape index (κ3) is 9.21. The maximum Gasteiger partial charge on any atom is 0.216 e. The van der Waals surface area contributed by atoms with Gasteiger partial charge in [-0.25, -0.2) is 9.98 Å². The summed E-state index contributed by atoms with van der Waals surface area (Å²) >= 11 is 0. The first-order chi connectivity index (χ1) is 13.3. The van der Waals surface area contributed by atoms with Crippen molar-refractivity contribution in [3.05, 3.63) is 17.8 Å². The predicted molar refractivity (Wildman–Crippen MR) is 131 cm³/mol. The number of aromatic nitrogens is 1. The highest BCUT2D eigenvalue weighted by Crippen LogP contribution is 2.22. The lowest BCUT2D eigenvalue weighted by Gasteiger charge is -2.35. The second kappa shape index (κ2) is 12.7. The van der Waals surface area contributed by atoms with Crippen LogP contribution >= 0.6 is 24.0 Å². The second-order valence-electron chi connectivity index (χ2n) is 8.78. The monoisotopic (exact) mass is 520 g/mol. The number of rotatable bonds is 8. The fourth-order valence-corrected chi connectivity index (χ4v) is 3.28. The summed E-state index contributed by atoms with van der Waals surface area (Å²) in [5.74, 6) is 2.93. The van der Waals surface area contributed by atoms with Gasteiger partial charge in [0.25, 0.3) is 0 Å². The number of piperazine rings is 1. The van der Waals surface area contributed by atoms with Crippen molar-refractivity contribution >= 4 is 29.9 Å². The molecule has 2 N–H and O–H groups in total. The van der Waals surface area contributed by atoms with Gasteiger partial charge in [-0.2, -0.15) is 0 Å². The van der Waals surface area contributed by atoms with E-state index in [9.17, 15) is 0 Å². The van der Waals surface area contributed by atoms with Crippen molar-refractivity contribution in [3.8, 4) is 0 Å². The number of guanidine groups is 1. The minimum Gasteiger partial charge on any atom is -0.443 e. The van der Waals surface area contributed by atoms with E-state index in [0.717, 1.165) is 37.9 Å². The summed E-state index contributed by atoms with van der Waals surface area (Å²) in [6, 6.07) is 0. The van der Waals surface area contributed by atoms with Crippen molar-refractivity contribution in [2.45, 2.75) is 53.5 Å². The summed E-state index contributed by atoms with van der Waals surface area (Å²) in [5, 5.41) is 6.78. The molecule has 8 heteroatoms. The molecule has 0 aromatic carbocycles. The van der Waals surface area contributed by atoms with Crippen LogP contribution in [0.3, 0.4) is 0 Å². The summed E-state index contributed by atoms with van der Waals surface area (Å²) in [6.07, 6.45) is 1.81. The summed E-state index contributed by atoms with van der Waals surface area (Å²) in [7, 11) is 0. The average Bonchev–Trinajstić information content (AvgIpc) is 3.14. The zero-order valence-electron chi connectivity index (χ0n) is 19.1. The summed E-state index contributed by atoms with van der Waals surface area (Å²) in [6.45, 7) is 22.2. The van der Waals surface area contributed by atoms with Crippen LogP contribution in [0.25, 0.3) is 0 Å². The quantitative estimate of drug-likeness (QED) is 0.312. The van der Waals surface area contributed by atoms with Crippen molar-refractivity contribution in [3.63, 3.8) is 0 Å². The Morgan fingerprint density at radius 2 is 1.83 bits per heavy atom. The van der Waals surface area contributed by atoms with E-state index in [2.05, 4.69) is 72.0 Å². The smallest absolute Gasteiger partial charge is 0.216 e. The van der Waals surface area contributed by atoms with E-state index in [-0.39, 0.29) is 29.4 Å². The number of hydrogen-bond donors (Lipinski definition) is 2. The van der Waals surface area contributed by atoms with Crippen LogP contribution in [0.2, 0.25) is 0 Å². The molecule has 1 aliphatic heterocycles. The first-order valence-corrected chi connectivity index (χ1v) is 10.7. The van der Waals surface area contributed by atoms with Gasteiger partial charge in [0.2, 0.25) is 5.89 Å². The summed E-state index contributed by atoms with van der Waals surface area (Å²) in [4.78, 5) is 14.1. The van der Waals surface area contributed by atoms with Crippen LogP contribution in [-0.4, -0.2) is 73.1 Å². The molecule has 1 saturated heterocycles. The van der Waals surface area contributed by atoms with Crippen LogP contribution in [-0.2, 0) is 12.0 Å². The average molecular weight is 521 g/mol. The van der Waals surface area contributed by atoms with Gasteiger partial charge < -0.3 is 24.9 Å². The Labute approximate surface area is 194 Å². The Balaban J connectivity index is 0.00000420. The molecule has 1 fully saturated rings. The first-order valence-electron chi connectivity index (χ1n) is 10.7. The van der Waals surface area contributed by atoms with Crippen molar-refractivity contribution in [2.24, 2.45) is 10.9 Å². The van der Waals surface area contributed by atoms with Crippen molar-refractivity contribution in [1.29, 1.82) is 0 Å². The van der Waals surface area contributed by atoms with Gasteiger partial charge >= 0.3 is 0 Å². The van der Waals surface area contributed by atoms with E-state index in [1.807, 2.05) is 6.20 Å². The van der Waals surface area contributed by atoms with Gasteiger partial charge in [-0.15, -0.1) is 24.0 Å². The van der Waals surface area contributed by atoms with Gasteiger partial charge in [-0.05, 0) is 19.4 Å². The topological polar surface area (TPSA) is 68.9 Å². The number of nitrogens with one attached hydrogen (secondary N) is 2. The van der Waals surface area contributed by atoms with Crippen LogP contribution in [0, 0.1) is 5.92 Å². The lowest BCUT2D eigenvalue weighted by molar-refractivity contribution is 0.124. The molecule has 2 rings (SSSR count). The number of nitrogens with zero attached hydrogens (tertiary/aromatic N) is 4. The Kier molecular flexibility index (Phi) is 11.5. The van der Waals surface area contributed by atoms with E-state index >= 15 is 0 Å². The first kappa shape index (κ1) is 26.2. The highest BCUT2D eigenvalue weighted by Gasteiger charge is 2.19. The fraction of sp³-hybridized carbons (Fsp3) is 0.810. The fourth-order valence-electron chi connectivity index (χ4n) is 3.28. The van der Waals surface area contributed by atoms with E-state index in [4.69, 9.17) is 4.42 Å². The van der Waals surface area contributed by atoms with Crippen molar-refractivity contribution in [1.82, 2.24) is 25.4 Å². The van der Waals surface area contributed by atoms with Crippen LogP contribution in [0.1, 0.15) is 53.2 Å². The molecule has 0 bridgehead atoms. The summed E-state index contributed by atoms with van der Waals surface area (Å²) < 4.78 is 5.84. The molecule has 29 heavy (non-hydrogen) atoms. The van der Waals surface area contributed by atoms with E-state index in [1.54, 1.807) is 0 Å². The van der Waals surface area contributed by atoms with Crippen LogP contribution in [0.5, 0.6) is 0 Å². The highest BCUT2D eigenvalue weighted by molar-refractivity contribution is 14.0. The van der Waals surface area contributed by atoms with Gasteiger partial charge in [0, 0.05) is 51.2 Å². The lowest BCUT2D eigenvalue weighted by atomic mass is 9.94. The molecule has 0 spiro atoms. The molecule has 1 aromatic heterocycles. The third-order valence-electron chi connectivity index (χ3n) is 5.11. The second-order valence-corrected chi connectivity index (χ2v) is 8.78. The van der Waals surface area contributed by atoms with Gasteiger partial charge in [0.15, 0.2) is 5.96 Å². The normalized spacial score (nSPS) is 17.7. The van der Waals surface area contributed by atoms with E-state index in [0.29, 0.717) is 18.4 Å². The molecule has 7 nitrogen and oxygen atoms in total. The predicted octanol–water partition coefficient (Wildman–Crippen LogP) is 2.92. The lowest BCUT2D eigenvalue weighted by Crippen LogP contribution is -2.48. The van der Waals surface area contributed by atoms with Crippen molar-refractivity contribution in [2.75, 3.05) is 52.4 Å². The number of likely N-dealkylation sites (N-methyl/N-ethyl adjacent to an activating group) is 1. The number of oxazole rings is 1. The van der Waals surface area contributed by atoms with Gasteiger partial charge in [-0.3, -0.25) is 0 Å². The molecule has 1 aromatic rings. The van der Waals surface area contributed by atoms with Crippen molar-refractivity contribution < 1.29 is 4.42 Å². The zero-order chi connectivity index (χ0) is 20.6. The molecule has 0 radical (unpaired) electrons. The van der Waals surface area contributed by atoms with Crippen LogP contribution < -0.4 is 10.6 Å². The van der Waals surface area contributed by atoms with Gasteiger partial charge in [-0.1, -0.05) is 34.6 Å². The standard InChI is InChI=1S/C21H40N6O.HI/c1-7-22-20(25-15-19-23-14-18(28-19)21(4,5)6)24-13-17(3)16-27-11-9-26(8-2)10-12-27;/h14,17H,7-13,15-16H2,1-6H3,(H2,22,24,25);1H. The molecular formula is C21H41IN6O. The maximum atomic E-state index is 5.84. The molecular weight excluding hydrogens is 479 g/mol. The van der Waals surface area contributed by atoms with Crippen LogP contribution in [0.4, 0.5) is 0 Å². The number of aliphatic imine (C=N–C) groups is 1. The maximum absolute atomic E-state index is 5.84. The number of hydrogen-bond acceptors (Lipinski definition) is 5. The number of halogens is 1. The SMILES string of the molecule is CCNC(=NCc1ncc(C(C)(C)C)o1)NCC(C)CN1CCN(CC)CC1.I. The molecule has 1 aliphatic rings. The Morgan fingerprint density at radius 1 is 1.17 bits per heavy atom. The zero-order valence-corrected chi connectivity index (χ0v) is 21.5. The molecule has 2 heterocycles. The molecule has 1 unspecified atom stereocenters. The molecule has 0 aliphatic carbocycles. The summed E-state index contributed by atoms with van der Waals surface area (Å²) in [5.41, 5.74) is -0.0320. The third-order valence-corrected chi connectivity index (χ3v) is 5.11. The van der Waals surface area contributed by atoms with E-state index in [1.165, 1.54) is 26.2 Å². The molecule has 0 amide bonds. The Bertz CT molecular complexity index is 605. The molecule has 168 valence electrons. The van der Waals surface area contributed by atoms with Gasteiger partial charge in [0.05, 0.1) is 6.20 Å². The Morgan fingerprint density at radius 3 is 2.38 bits per heavy atom. The molecule has 1 atom stereocenters. The van der Waals surface area contributed by atoms with Crippen LogP contribution in [0.15, 0.2) is 15.6 Å². The largest absolute Gasteiger partial charge is 0.443 e. The van der Waals surface area contributed by atoms with Gasteiger partial charge in [0.1, 0.15) is 12.3 Å². The Hall–Kier alpha value is -0.870. The van der Waals surface area contributed by atoms with E-state index < -0.39 is 0 Å². The highest BCUT2D eigenvalue weighted by atomic mass is 127. The minimum atomic E-state index is -0.0320. The minimum absolute atomic E-state index is 0. The molecule has 0 saturated carbocycles.